The van der Waals surface area contributed by atoms with Gasteiger partial charge in [-0.15, -0.1) is 0 Å². The molecule has 2 N–H and O–H groups in total. The van der Waals surface area contributed by atoms with E-state index < -0.39 is 0 Å². The normalized spacial score (nSPS) is 19.8. The second-order valence-corrected chi connectivity index (χ2v) is 4.01. The van der Waals surface area contributed by atoms with E-state index in [1.54, 1.807) is 31.2 Å². The van der Waals surface area contributed by atoms with Crippen molar-refractivity contribution in [1.29, 1.82) is 5.26 Å². The van der Waals surface area contributed by atoms with Crippen molar-refractivity contribution >= 4 is 5.91 Å². The number of carbonyl (C=O) groups is 1. The third-order valence-electron chi connectivity index (χ3n) is 2.90. The molecule has 1 aliphatic heterocycles. The van der Waals surface area contributed by atoms with Gasteiger partial charge in [0.15, 0.2) is 0 Å². The summed E-state index contributed by atoms with van der Waals surface area (Å²) < 4.78 is 0. The van der Waals surface area contributed by atoms with Gasteiger partial charge in [-0.2, -0.15) is 5.26 Å². The number of para-hydroxylation sites is 1. The van der Waals surface area contributed by atoms with Crippen LogP contribution in [-0.4, -0.2) is 11.0 Å². The van der Waals surface area contributed by atoms with Gasteiger partial charge in [-0.3, -0.25) is 4.79 Å². The topological polar surface area (TPSA) is 73.1 Å². The van der Waals surface area contributed by atoms with E-state index in [0.717, 1.165) is 0 Å². The van der Waals surface area contributed by atoms with Crippen LogP contribution in [0.3, 0.4) is 0 Å². The second-order valence-electron chi connectivity index (χ2n) is 4.01. The number of allylic oxidation sites excluding steroid dienone is 2. The number of aromatic hydroxyl groups is 1. The lowest BCUT2D eigenvalue weighted by atomic mass is 9.85. The van der Waals surface area contributed by atoms with E-state index in [9.17, 15) is 9.90 Å². The van der Waals surface area contributed by atoms with Crippen LogP contribution < -0.4 is 5.32 Å². The Morgan fingerprint density at radius 2 is 2.18 bits per heavy atom. The van der Waals surface area contributed by atoms with Crippen LogP contribution in [0.4, 0.5) is 0 Å². The van der Waals surface area contributed by atoms with Crippen LogP contribution >= 0.6 is 0 Å². The average Bonchev–Trinajstić information content (AvgIpc) is 2.28. The molecule has 1 aromatic rings. The SMILES string of the molecule is CC1=C(C#N)C(c2ccccc2O)CC(=O)N1. The molecule has 4 heteroatoms. The van der Waals surface area contributed by atoms with Crippen molar-refractivity contribution in [2.24, 2.45) is 0 Å². The van der Waals surface area contributed by atoms with E-state index in [2.05, 4.69) is 11.4 Å². The molecular formula is C13H12N2O2. The van der Waals surface area contributed by atoms with Gasteiger partial charge >= 0.3 is 0 Å². The zero-order valence-corrected chi connectivity index (χ0v) is 9.40. The molecule has 0 saturated heterocycles. The zero-order valence-electron chi connectivity index (χ0n) is 9.40. The minimum atomic E-state index is -0.352. The van der Waals surface area contributed by atoms with Gasteiger partial charge in [0.25, 0.3) is 0 Å². The highest BCUT2D eigenvalue weighted by Crippen LogP contribution is 2.36. The minimum absolute atomic E-state index is 0.118. The van der Waals surface area contributed by atoms with Gasteiger partial charge in [-0.1, -0.05) is 18.2 Å². The molecule has 1 amide bonds. The fourth-order valence-corrected chi connectivity index (χ4v) is 2.09. The molecule has 1 unspecified atom stereocenters. The van der Waals surface area contributed by atoms with Gasteiger partial charge in [0.05, 0.1) is 11.6 Å². The molecule has 1 aromatic carbocycles. The average molecular weight is 228 g/mol. The number of nitrogens with one attached hydrogen (secondary N) is 1. The maximum Gasteiger partial charge on any atom is 0.225 e. The van der Waals surface area contributed by atoms with Crippen molar-refractivity contribution in [1.82, 2.24) is 5.32 Å². The molecule has 0 radical (unpaired) electrons. The van der Waals surface area contributed by atoms with Gasteiger partial charge in [0, 0.05) is 23.6 Å². The summed E-state index contributed by atoms with van der Waals surface area (Å²) in [6, 6.07) is 8.90. The Balaban J connectivity index is 2.51. The molecule has 0 saturated carbocycles. The lowest BCUT2D eigenvalue weighted by Gasteiger charge is -2.24. The lowest BCUT2D eigenvalue weighted by molar-refractivity contribution is -0.121. The van der Waals surface area contributed by atoms with Gasteiger partial charge in [-0.25, -0.2) is 0 Å². The van der Waals surface area contributed by atoms with Crippen LogP contribution in [0.1, 0.15) is 24.8 Å². The first kappa shape index (κ1) is 11.2. The first-order chi connectivity index (χ1) is 8.13. The Bertz CT molecular complexity index is 541. The Hall–Kier alpha value is -2.28. The Morgan fingerprint density at radius 1 is 1.47 bits per heavy atom. The summed E-state index contributed by atoms with van der Waals surface area (Å²) >= 11 is 0. The summed E-state index contributed by atoms with van der Waals surface area (Å²) in [6.07, 6.45) is 0.192. The first-order valence-corrected chi connectivity index (χ1v) is 5.32. The number of nitriles is 1. The van der Waals surface area contributed by atoms with Crippen molar-refractivity contribution in [2.45, 2.75) is 19.3 Å². The quantitative estimate of drug-likeness (QED) is 0.769. The predicted octanol–water partition coefficient (Wildman–Crippen LogP) is 1.79. The summed E-state index contributed by atoms with van der Waals surface area (Å²) in [6.45, 7) is 1.70. The number of benzene rings is 1. The van der Waals surface area contributed by atoms with Gasteiger partial charge in [0.2, 0.25) is 5.91 Å². The maximum absolute atomic E-state index is 11.5. The van der Waals surface area contributed by atoms with Gasteiger partial charge in [-0.05, 0) is 13.0 Å². The largest absolute Gasteiger partial charge is 0.508 e. The van der Waals surface area contributed by atoms with E-state index in [1.165, 1.54) is 0 Å². The van der Waals surface area contributed by atoms with Crippen LogP contribution in [0.25, 0.3) is 0 Å². The first-order valence-electron chi connectivity index (χ1n) is 5.32. The molecule has 0 aliphatic carbocycles. The molecule has 4 nitrogen and oxygen atoms in total. The molecule has 0 spiro atoms. The third kappa shape index (κ3) is 2.00. The van der Waals surface area contributed by atoms with Crippen LogP contribution in [0.2, 0.25) is 0 Å². The number of phenols is 1. The maximum atomic E-state index is 11.5. The fourth-order valence-electron chi connectivity index (χ4n) is 2.09. The Kier molecular flexibility index (Phi) is 2.84. The highest BCUT2D eigenvalue weighted by molar-refractivity contribution is 5.82. The fraction of sp³-hybridized carbons (Fsp3) is 0.231. The molecule has 2 rings (SSSR count). The van der Waals surface area contributed by atoms with E-state index in [-0.39, 0.29) is 24.0 Å². The zero-order chi connectivity index (χ0) is 12.4. The molecule has 1 aliphatic rings. The van der Waals surface area contributed by atoms with Crippen LogP contribution in [0.15, 0.2) is 35.5 Å². The Morgan fingerprint density at radius 3 is 2.82 bits per heavy atom. The molecule has 0 fully saturated rings. The minimum Gasteiger partial charge on any atom is -0.508 e. The summed E-state index contributed by atoms with van der Waals surface area (Å²) in [5, 5.41) is 21.6. The van der Waals surface area contributed by atoms with Crippen molar-refractivity contribution in [2.75, 3.05) is 0 Å². The smallest absolute Gasteiger partial charge is 0.225 e. The highest BCUT2D eigenvalue weighted by atomic mass is 16.3. The van der Waals surface area contributed by atoms with E-state index >= 15 is 0 Å². The third-order valence-corrected chi connectivity index (χ3v) is 2.90. The van der Waals surface area contributed by atoms with Crippen molar-refractivity contribution < 1.29 is 9.90 Å². The van der Waals surface area contributed by atoms with Crippen molar-refractivity contribution in [3.05, 3.63) is 41.1 Å². The molecule has 17 heavy (non-hydrogen) atoms. The number of phenolic OH excluding ortho intramolecular Hbond substituents is 1. The summed E-state index contributed by atoms with van der Waals surface area (Å²) in [7, 11) is 0. The number of rotatable bonds is 1. The van der Waals surface area contributed by atoms with E-state index in [0.29, 0.717) is 16.8 Å². The lowest BCUT2D eigenvalue weighted by Crippen LogP contribution is -2.30. The second kappa shape index (κ2) is 4.30. The highest BCUT2D eigenvalue weighted by Gasteiger charge is 2.28. The summed E-state index contributed by atoms with van der Waals surface area (Å²) in [4.78, 5) is 11.5. The van der Waals surface area contributed by atoms with E-state index in [1.807, 2.05) is 0 Å². The molecular weight excluding hydrogens is 216 g/mol. The van der Waals surface area contributed by atoms with Gasteiger partial charge in [0.1, 0.15) is 5.75 Å². The Labute approximate surface area is 99.2 Å². The standard InChI is InChI=1S/C13H12N2O2/c1-8-11(7-14)10(6-13(17)15-8)9-4-2-3-5-12(9)16/h2-5,10,16H,6H2,1H3,(H,15,17). The van der Waals surface area contributed by atoms with Crippen LogP contribution in [0.5, 0.6) is 5.75 Å². The number of hydrogen-bond acceptors (Lipinski definition) is 3. The monoisotopic (exact) mass is 228 g/mol. The van der Waals surface area contributed by atoms with Crippen LogP contribution in [-0.2, 0) is 4.79 Å². The number of nitrogens with zero attached hydrogens (tertiary/aromatic N) is 1. The molecule has 1 heterocycles. The molecule has 1 atom stereocenters. The predicted molar refractivity (Wildman–Crippen MR) is 61.9 cm³/mol. The molecule has 0 bridgehead atoms. The van der Waals surface area contributed by atoms with Gasteiger partial charge < -0.3 is 10.4 Å². The van der Waals surface area contributed by atoms with Crippen molar-refractivity contribution in [3.63, 3.8) is 0 Å². The van der Waals surface area contributed by atoms with E-state index in [4.69, 9.17) is 5.26 Å². The molecule has 0 aromatic heterocycles. The number of hydrogen-bond donors (Lipinski definition) is 2. The number of amides is 1. The van der Waals surface area contributed by atoms with Crippen molar-refractivity contribution in [3.8, 4) is 11.8 Å². The molecule has 86 valence electrons. The summed E-state index contributed by atoms with van der Waals surface area (Å²) in [5.41, 5.74) is 1.70. The number of carbonyl (C=O) groups excluding carboxylic acids is 1. The van der Waals surface area contributed by atoms with Crippen LogP contribution in [0, 0.1) is 11.3 Å². The summed E-state index contributed by atoms with van der Waals surface area (Å²) in [5.74, 6) is -0.363.